The highest BCUT2D eigenvalue weighted by atomic mass is 16.6. The molecule has 3 rings (SSSR count). The zero-order chi connectivity index (χ0) is 14.3. The summed E-state index contributed by atoms with van der Waals surface area (Å²) >= 11 is 0. The predicted molar refractivity (Wildman–Crippen MR) is 67.9 cm³/mol. The van der Waals surface area contributed by atoms with Gasteiger partial charge in [0.25, 0.3) is 5.91 Å². The van der Waals surface area contributed by atoms with E-state index >= 15 is 0 Å². The fraction of sp³-hybridized carbons (Fsp3) is 0.846. The van der Waals surface area contributed by atoms with Crippen molar-refractivity contribution in [3.63, 3.8) is 0 Å². The minimum atomic E-state index is -0.789. The van der Waals surface area contributed by atoms with Crippen molar-refractivity contribution in [1.82, 2.24) is 9.80 Å². The molecule has 3 fully saturated rings. The Labute approximate surface area is 117 Å². The number of ether oxygens (including phenoxy) is 3. The maximum Gasteiger partial charge on any atom is 0.329 e. The molecule has 3 atom stereocenters. The van der Waals surface area contributed by atoms with Crippen molar-refractivity contribution in [3.8, 4) is 0 Å². The lowest BCUT2D eigenvalue weighted by Gasteiger charge is -2.29. The number of rotatable bonds is 7. The second-order valence-electron chi connectivity index (χ2n) is 5.66. The molecule has 3 unspecified atom stereocenters. The van der Waals surface area contributed by atoms with E-state index in [9.17, 15) is 9.59 Å². The van der Waals surface area contributed by atoms with Gasteiger partial charge in [-0.2, -0.15) is 0 Å². The normalized spacial score (nSPS) is 35.9. The number of urea groups is 1. The number of nitrogens with zero attached hydrogens (tertiary/aromatic N) is 2. The van der Waals surface area contributed by atoms with Crippen molar-refractivity contribution >= 4 is 11.9 Å². The quantitative estimate of drug-likeness (QED) is 0.493. The van der Waals surface area contributed by atoms with Crippen LogP contribution < -0.4 is 0 Å². The molecule has 7 nitrogen and oxygen atoms in total. The van der Waals surface area contributed by atoms with Gasteiger partial charge in [-0.05, 0) is 13.3 Å². The molecule has 0 aromatic carbocycles. The van der Waals surface area contributed by atoms with Crippen LogP contribution in [0.1, 0.15) is 20.3 Å². The predicted octanol–water partition coefficient (Wildman–Crippen LogP) is 0.191. The lowest BCUT2D eigenvalue weighted by molar-refractivity contribution is -0.136. The van der Waals surface area contributed by atoms with E-state index in [4.69, 9.17) is 14.2 Å². The largest absolute Gasteiger partial charge is 0.371 e. The van der Waals surface area contributed by atoms with Gasteiger partial charge in [-0.25, -0.2) is 9.69 Å². The Morgan fingerprint density at radius 3 is 2.50 bits per heavy atom. The molecule has 7 heteroatoms. The molecule has 3 aliphatic heterocycles. The number of amides is 3. The standard InChI is InChI=1S/C13H20N2O5/c1-3-13(2)11(16)14(8-18-5-10-7-20-10)12(17)15(13)4-9-6-19-9/h9-10H,3-8H2,1-2H3. The van der Waals surface area contributed by atoms with Gasteiger partial charge in [-0.3, -0.25) is 4.79 Å². The molecule has 3 heterocycles. The fourth-order valence-corrected chi connectivity index (χ4v) is 2.40. The summed E-state index contributed by atoms with van der Waals surface area (Å²) in [7, 11) is 0. The van der Waals surface area contributed by atoms with E-state index in [1.54, 1.807) is 11.8 Å². The van der Waals surface area contributed by atoms with Crippen LogP contribution >= 0.6 is 0 Å². The lowest BCUT2D eigenvalue weighted by Crippen LogP contribution is -2.48. The van der Waals surface area contributed by atoms with Gasteiger partial charge in [0.1, 0.15) is 18.4 Å². The highest BCUT2D eigenvalue weighted by molar-refractivity contribution is 6.06. The number of hydrogen-bond acceptors (Lipinski definition) is 5. The minimum Gasteiger partial charge on any atom is -0.371 e. The summed E-state index contributed by atoms with van der Waals surface area (Å²) in [6, 6.07) is -0.286. The number of epoxide rings is 2. The van der Waals surface area contributed by atoms with Gasteiger partial charge < -0.3 is 19.1 Å². The summed E-state index contributed by atoms with van der Waals surface area (Å²) in [6.45, 7) is 5.96. The summed E-state index contributed by atoms with van der Waals surface area (Å²) in [5.74, 6) is -0.192. The van der Waals surface area contributed by atoms with Crippen molar-refractivity contribution in [1.29, 1.82) is 0 Å². The van der Waals surface area contributed by atoms with Crippen molar-refractivity contribution < 1.29 is 23.8 Å². The van der Waals surface area contributed by atoms with Gasteiger partial charge in [0, 0.05) is 0 Å². The highest BCUT2D eigenvalue weighted by Gasteiger charge is 2.54. The summed E-state index contributed by atoms with van der Waals surface area (Å²) in [6.07, 6.45) is 0.765. The van der Waals surface area contributed by atoms with Gasteiger partial charge in [0.15, 0.2) is 0 Å². The Hall–Kier alpha value is -1.18. The minimum absolute atomic E-state index is 0.00482. The summed E-state index contributed by atoms with van der Waals surface area (Å²) in [5, 5.41) is 0. The molecule has 3 aliphatic rings. The van der Waals surface area contributed by atoms with Crippen LogP contribution in [0.5, 0.6) is 0 Å². The first-order valence-corrected chi connectivity index (χ1v) is 7.00. The van der Waals surface area contributed by atoms with E-state index in [1.807, 2.05) is 6.92 Å². The third-order valence-corrected chi connectivity index (χ3v) is 4.17. The molecule has 112 valence electrons. The Morgan fingerprint density at radius 2 is 1.95 bits per heavy atom. The second kappa shape index (κ2) is 4.98. The van der Waals surface area contributed by atoms with E-state index in [1.165, 1.54) is 4.90 Å². The van der Waals surface area contributed by atoms with E-state index in [-0.39, 0.29) is 30.9 Å². The van der Waals surface area contributed by atoms with Crippen LogP contribution in [0.2, 0.25) is 0 Å². The van der Waals surface area contributed by atoms with Crippen molar-refractivity contribution in [3.05, 3.63) is 0 Å². The lowest BCUT2D eigenvalue weighted by atomic mass is 9.97. The molecule has 0 saturated carbocycles. The first-order chi connectivity index (χ1) is 9.56. The zero-order valence-electron chi connectivity index (χ0n) is 11.8. The average Bonchev–Trinajstić information content (AvgIpc) is 3.32. The average molecular weight is 284 g/mol. The maximum absolute atomic E-state index is 12.5. The molecule has 3 saturated heterocycles. The SMILES string of the molecule is CCC1(C)C(=O)N(COCC2CO2)C(=O)N1CC1CO1. The fourth-order valence-electron chi connectivity index (χ4n) is 2.40. The van der Waals surface area contributed by atoms with Crippen molar-refractivity contribution in [2.24, 2.45) is 0 Å². The van der Waals surface area contributed by atoms with Crippen LogP contribution in [0.4, 0.5) is 4.79 Å². The molecule has 20 heavy (non-hydrogen) atoms. The van der Waals surface area contributed by atoms with E-state index in [2.05, 4.69) is 0 Å². The smallest absolute Gasteiger partial charge is 0.329 e. The third kappa shape index (κ3) is 2.41. The Morgan fingerprint density at radius 1 is 1.30 bits per heavy atom. The maximum atomic E-state index is 12.5. The molecule has 0 aliphatic carbocycles. The van der Waals surface area contributed by atoms with Gasteiger partial charge in [0.2, 0.25) is 0 Å². The molecular formula is C13H20N2O5. The highest BCUT2D eigenvalue weighted by Crippen LogP contribution is 2.32. The van der Waals surface area contributed by atoms with Crippen LogP contribution in [0, 0.1) is 0 Å². The van der Waals surface area contributed by atoms with Crippen LogP contribution in [-0.4, -0.2) is 72.6 Å². The van der Waals surface area contributed by atoms with Crippen molar-refractivity contribution in [2.45, 2.75) is 38.0 Å². The number of imide groups is 1. The van der Waals surface area contributed by atoms with Crippen LogP contribution in [0.25, 0.3) is 0 Å². The molecule has 0 aromatic rings. The van der Waals surface area contributed by atoms with E-state index in [0.29, 0.717) is 32.8 Å². The summed E-state index contributed by atoms with van der Waals surface area (Å²) in [4.78, 5) is 27.7. The Kier molecular flexibility index (Phi) is 3.43. The van der Waals surface area contributed by atoms with Crippen LogP contribution in [-0.2, 0) is 19.0 Å². The molecule has 0 radical (unpaired) electrons. The molecule has 0 spiro atoms. The monoisotopic (exact) mass is 284 g/mol. The second-order valence-corrected chi connectivity index (χ2v) is 5.66. The zero-order valence-corrected chi connectivity index (χ0v) is 11.8. The van der Waals surface area contributed by atoms with Gasteiger partial charge in [0.05, 0.1) is 32.5 Å². The topological polar surface area (TPSA) is 74.9 Å². The molecule has 0 aromatic heterocycles. The van der Waals surface area contributed by atoms with E-state index < -0.39 is 5.54 Å². The van der Waals surface area contributed by atoms with E-state index in [0.717, 1.165) is 0 Å². The number of carbonyl (C=O) groups excluding carboxylic acids is 2. The van der Waals surface area contributed by atoms with Crippen molar-refractivity contribution in [2.75, 3.05) is 33.1 Å². The van der Waals surface area contributed by atoms with Gasteiger partial charge in [-0.1, -0.05) is 6.92 Å². The molecular weight excluding hydrogens is 264 g/mol. The third-order valence-electron chi connectivity index (χ3n) is 4.17. The Balaban J connectivity index is 1.66. The molecule has 0 bridgehead atoms. The number of carbonyl (C=O) groups is 2. The summed E-state index contributed by atoms with van der Waals surface area (Å²) in [5.41, 5.74) is -0.789. The van der Waals surface area contributed by atoms with Crippen LogP contribution in [0.3, 0.4) is 0 Å². The number of hydrogen-bond donors (Lipinski definition) is 0. The first-order valence-electron chi connectivity index (χ1n) is 7.00. The first kappa shape index (κ1) is 13.8. The van der Waals surface area contributed by atoms with Gasteiger partial charge >= 0.3 is 6.03 Å². The molecule has 0 N–H and O–H groups in total. The van der Waals surface area contributed by atoms with Crippen LogP contribution in [0.15, 0.2) is 0 Å². The summed E-state index contributed by atoms with van der Waals surface area (Å²) < 4.78 is 15.6. The molecule has 3 amide bonds. The van der Waals surface area contributed by atoms with Gasteiger partial charge in [-0.15, -0.1) is 0 Å². The Bertz CT molecular complexity index is 421.